The Hall–Kier alpha value is -2.49. The maximum atomic E-state index is 11.9. The highest BCUT2D eigenvalue weighted by molar-refractivity contribution is 6.01. The zero-order chi connectivity index (χ0) is 18.1. The van der Waals surface area contributed by atoms with E-state index in [1.165, 1.54) is 4.90 Å². The fourth-order valence-electron chi connectivity index (χ4n) is 1.92. The van der Waals surface area contributed by atoms with Gasteiger partial charge in [-0.25, -0.2) is 4.79 Å². The van der Waals surface area contributed by atoms with Gasteiger partial charge in [-0.15, -0.1) is 5.06 Å². The summed E-state index contributed by atoms with van der Waals surface area (Å²) in [5, 5.41) is 5.78. The summed E-state index contributed by atoms with van der Waals surface area (Å²) < 4.78 is 0. The average Bonchev–Trinajstić information content (AvgIpc) is 2.84. The number of carbonyl (C=O) groups excluding carboxylic acids is 5. The SMILES string of the molecule is CNCC(=O)NCCN(C)C(=O)CCC(=O)ON1C(=O)CCC1=O. The number of likely N-dealkylation sites (N-methyl/N-ethyl adjacent to an activating group) is 2. The Morgan fingerprint density at radius 1 is 1.17 bits per heavy atom. The summed E-state index contributed by atoms with van der Waals surface area (Å²) in [5.41, 5.74) is 0. The molecule has 134 valence electrons. The van der Waals surface area contributed by atoms with Crippen LogP contribution < -0.4 is 10.6 Å². The lowest BCUT2D eigenvalue weighted by molar-refractivity contribution is -0.197. The summed E-state index contributed by atoms with van der Waals surface area (Å²) in [6.07, 6.45) is -0.317. The molecule has 1 saturated heterocycles. The van der Waals surface area contributed by atoms with Crippen molar-refractivity contribution >= 4 is 29.6 Å². The van der Waals surface area contributed by atoms with Gasteiger partial charge in [0.05, 0.1) is 13.0 Å². The highest BCUT2D eigenvalue weighted by atomic mass is 16.7. The Labute approximate surface area is 139 Å². The van der Waals surface area contributed by atoms with E-state index in [0.717, 1.165) is 0 Å². The van der Waals surface area contributed by atoms with Crippen LogP contribution in [0.2, 0.25) is 0 Å². The van der Waals surface area contributed by atoms with E-state index in [0.29, 0.717) is 18.2 Å². The molecule has 0 unspecified atom stereocenters. The van der Waals surface area contributed by atoms with E-state index in [-0.39, 0.29) is 44.0 Å². The molecule has 24 heavy (non-hydrogen) atoms. The number of imide groups is 1. The minimum Gasteiger partial charge on any atom is -0.353 e. The molecule has 10 nitrogen and oxygen atoms in total. The summed E-state index contributed by atoms with van der Waals surface area (Å²) in [4.78, 5) is 63.3. The quantitative estimate of drug-likeness (QED) is 0.472. The van der Waals surface area contributed by atoms with Gasteiger partial charge in [0.15, 0.2) is 0 Å². The Morgan fingerprint density at radius 3 is 2.38 bits per heavy atom. The van der Waals surface area contributed by atoms with Crippen molar-refractivity contribution in [1.82, 2.24) is 20.6 Å². The number of nitrogens with zero attached hydrogens (tertiary/aromatic N) is 2. The van der Waals surface area contributed by atoms with Gasteiger partial charge in [-0.3, -0.25) is 19.2 Å². The second-order valence-corrected chi connectivity index (χ2v) is 5.24. The second kappa shape index (κ2) is 9.60. The molecule has 0 aromatic rings. The van der Waals surface area contributed by atoms with Crippen LogP contribution in [0.1, 0.15) is 25.7 Å². The number of amides is 4. The Balaban J connectivity index is 2.24. The molecule has 0 atom stereocenters. The molecular formula is C14H22N4O6. The lowest BCUT2D eigenvalue weighted by atomic mass is 10.3. The van der Waals surface area contributed by atoms with Gasteiger partial charge in [0.25, 0.3) is 11.8 Å². The first kappa shape index (κ1) is 19.6. The normalized spacial score (nSPS) is 13.8. The van der Waals surface area contributed by atoms with E-state index in [4.69, 9.17) is 0 Å². The molecule has 0 spiro atoms. The zero-order valence-corrected chi connectivity index (χ0v) is 13.8. The molecule has 1 aliphatic rings. The number of carbonyl (C=O) groups is 5. The highest BCUT2D eigenvalue weighted by Gasteiger charge is 2.32. The minimum absolute atomic E-state index is 0.0209. The highest BCUT2D eigenvalue weighted by Crippen LogP contribution is 2.13. The van der Waals surface area contributed by atoms with E-state index in [2.05, 4.69) is 15.5 Å². The van der Waals surface area contributed by atoms with Gasteiger partial charge in [0.2, 0.25) is 11.8 Å². The van der Waals surface area contributed by atoms with Crippen molar-refractivity contribution in [2.24, 2.45) is 0 Å². The van der Waals surface area contributed by atoms with Crippen molar-refractivity contribution in [1.29, 1.82) is 0 Å². The van der Waals surface area contributed by atoms with E-state index >= 15 is 0 Å². The van der Waals surface area contributed by atoms with Gasteiger partial charge in [0.1, 0.15) is 0 Å². The molecule has 1 fully saturated rings. The van der Waals surface area contributed by atoms with Gasteiger partial charge >= 0.3 is 5.97 Å². The topological polar surface area (TPSA) is 125 Å². The maximum absolute atomic E-state index is 11.9. The van der Waals surface area contributed by atoms with Crippen LogP contribution in [-0.2, 0) is 28.8 Å². The molecular weight excluding hydrogens is 320 g/mol. The summed E-state index contributed by atoms with van der Waals surface area (Å²) in [6.45, 7) is 0.786. The minimum atomic E-state index is -0.817. The van der Waals surface area contributed by atoms with Crippen LogP contribution >= 0.6 is 0 Å². The third-order valence-electron chi connectivity index (χ3n) is 3.27. The molecule has 1 rings (SSSR count). The fourth-order valence-corrected chi connectivity index (χ4v) is 1.92. The van der Waals surface area contributed by atoms with Crippen LogP contribution in [0.25, 0.3) is 0 Å². The third-order valence-corrected chi connectivity index (χ3v) is 3.27. The molecule has 1 aliphatic heterocycles. The van der Waals surface area contributed by atoms with E-state index in [9.17, 15) is 24.0 Å². The monoisotopic (exact) mass is 342 g/mol. The van der Waals surface area contributed by atoms with Crippen molar-refractivity contribution in [3.05, 3.63) is 0 Å². The molecule has 2 N–H and O–H groups in total. The van der Waals surface area contributed by atoms with Gasteiger partial charge in [-0.05, 0) is 7.05 Å². The number of hydrogen-bond acceptors (Lipinski definition) is 7. The van der Waals surface area contributed by atoms with Gasteiger partial charge in [-0.1, -0.05) is 0 Å². The van der Waals surface area contributed by atoms with Gasteiger partial charge < -0.3 is 20.4 Å². The molecule has 0 aromatic heterocycles. The van der Waals surface area contributed by atoms with Crippen LogP contribution in [0, 0.1) is 0 Å². The fraction of sp³-hybridized carbons (Fsp3) is 0.643. The number of nitrogens with one attached hydrogen (secondary N) is 2. The standard InChI is InChI=1S/C14H22N4O6/c1-15-9-10(19)16-7-8-17(2)11(20)5-6-14(23)24-18-12(21)3-4-13(18)22/h15H,3-9H2,1-2H3,(H,16,19). The van der Waals surface area contributed by atoms with Gasteiger partial charge in [-0.2, -0.15) is 0 Å². The smallest absolute Gasteiger partial charge is 0.333 e. The van der Waals surface area contributed by atoms with Crippen LogP contribution in [0.4, 0.5) is 0 Å². The number of hydroxylamine groups is 2. The predicted octanol–water partition coefficient (Wildman–Crippen LogP) is -1.83. The van der Waals surface area contributed by atoms with E-state index in [1.54, 1.807) is 14.1 Å². The molecule has 10 heteroatoms. The first-order valence-corrected chi connectivity index (χ1v) is 7.57. The summed E-state index contributed by atoms with van der Waals surface area (Å²) >= 11 is 0. The number of hydrogen-bond donors (Lipinski definition) is 2. The third kappa shape index (κ3) is 6.32. The van der Waals surface area contributed by atoms with Crippen molar-refractivity contribution in [3.8, 4) is 0 Å². The first-order valence-electron chi connectivity index (χ1n) is 7.57. The van der Waals surface area contributed by atoms with E-state index in [1.807, 2.05) is 0 Å². The zero-order valence-electron chi connectivity index (χ0n) is 13.8. The summed E-state index contributed by atoms with van der Waals surface area (Å²) in [7, 11) is 3.20. The molecule has 0 bridgehead atoms. The molecule has 0 aromatic carbocycles. The Morgan fingerprint density at radius 2 is 1.79 bits per heavy atom. The molecule has 0 radical (unpaired) electrons. The molecule has 1 heterocycles. The first-order chi connectivity index (χ1) is 11.3. The van der Waals surface area contributed by atoms with Crippen LogP contribution in [-0.4, -0.2) is 73.3 Å². The molecule has 4 amide bonds. The van der Waals surface area contributed by atoms with Gasteiger partial charge in [0, 0.05) is 39.4 Å². The van der Waals surface area contributed by atoms with Crippen LogP contribution in [0.5, 0.6) is 0 Å². The number of rotatable bonds is 9. The van der Waals surface area contributed by atoms with Crippen LogP contribution in [0.3, 0.4) is 0 Å². The van der Waals surface area contributed by atoms with Crippen molar-refractivity contribution in [3.63, 3.8) is 0 Å². The van der Waals surface area contributed by atoms with Crippen molar-refractivity contribution in [2.45, 2.75) is 25.7 Å². The maximum Gasteiger partial charge on any atom is 0.333 e. The average molecular weight is 342 g/mol. The lowest BCUT2D eigenvalue weighted by Gasteiger charge is -2.17. The second-order valence-electron chi connectivity index (χ2n) is 5.24. The van der Waals surface area contributed by atoms with Crippen molar-refractivity contribution in [2.75, 3.05) is 33.7 Å². The van der Waals surface area contributed by atoms with Crippen molar-refractivity contribution < 1.29 is 28.8 Å². The lowest BCUT2D eigenvalue weighted by Crippen LogP contribution is -2.39. The summed E-state index contributed by atoms with van der Waals surface area (Å²) in [5.74, 6) is -2.43. The predicted molar refractivity (Wildman–Crippen MR) is 81.0 cm³/mol. The van der Waals surface area contributed by atoms with E-state index < -0.39 is 17.8 Å². The Bertz CT molecular complexity index is 505. The molecule has 0 saturated carbocycles. The van der Waals surface area contributed by atoms with Crippen LogP contribution in [0.15, 0.2) is 0 Å². The Kier molecular flexibility index (Phi) is 7.83. The largest absolute Gasteiger partial charge is 0.353 e. The molecule has 0 aliphatic carbocycles. The summed E-state index contributed by atoms with van der Waals surface area (Å²) in [6, 6.07) is 0.